The number of nitrogens with zero attached hydrogens (tertiary/aromatic N) is 1. The molecule has 1 aromatic heterocycles. The lowest BCUT2D eigenvalue weighted by Crippen LogP contribution is -2.26. The fourth-order valence-corrected chi connectivity index (χ4v) is 4.55. The number of carbonyl (C=O) groups is 1. The van der Waals surface area contributed by atoms with Gasteiger partial charge in [-0.05, 0) is 66.1 Å². The Morgan fingerprint density at radius 1 is 0.943 bits per heavy atom. The molecular weight excluding hydrogens is 454 g/mol. The average Bonchev–Trinajstić information content (AvgIpc) is 3.27. The molecule has 0 aliphatic rings. The Morgan fingerprint density at radius 2 is 1.69 bits per heavy atom. The number of amides is 1. The molecule has 0 saturated carbocycles. The first-order valence-electron chi connectivity index (χ1n) is 11.6. The molecule has 3 N–H and O–H groups in total. The van der Waals surface area contributed by atoms with E-state index in [-0.39, 0.29) is 11.9 Å². The highest BCUT2D eigenvalue weighted by Gasteiger charge is 2.13. The van der Waals surface area contributed by atoms with Crippen LogP contribution in [0.4, 0.5) is 5.69 Å². The molecule has 5 aromatic rings. The van der Waals surface area contributed by atoms with Crippen molar-refractivity contribution in [3.63, 3.8) is 0 Å². The molecule has 4 nitrogen and oxygen atoms in total. The van der Waals surface area contributed by atoms with Gasteiger partial charge in [-0.3, -0.25) is 4.79 Å². The largest absolute Gasteiger partial charge is 0.399 e. The summed E-state index contributed by atoms with van der Waals surface area (Å²) in [7, 11) is 0. The zero-order valence-electron chi connectivity index (χ0n) is 19.4. The minimum atomic E-state index is -0.114. The van der Waals surface area contributed by atoms with Gasteiger partial charge in [0.05, 0.1) is 6.04 Å². The van der Waals surface area contributed by atoms with Crippen LogP contribution in [0.3, 0.4) is 0 Å². The Hall–Kier alpha value is -4.02. The number of aromatic nitrogens is 1. The lowest BCUT2D eigenvalue weighted by atomic mass is 10.0. The third kappa shape index (κ3) is 4.93. The highest BCUT2D eigenvalue weighted by Crippen LogP contribution is 2.28. The SMILES string of the molecule is C[C@H](NC(=O)c1ccc2c(ccn2Cc2ccc(-c3ccccc3Cl)cc2)c1)c1ccc(N)cc1. The van der Waals surface area contributed by atoms with E-state index in [2.05, 4.69) is 40.3 Å². The van der Waals surface area contributed by atoms with Crippen molar-refractivity contribution < 1.29 is 4.79 Å². The van der Waals surface area contributed by atoms with E-state index in [1.165, 1.54) is 5.56 Å². The van der Waals surface area contributed by atoms with Crippen molar-refractivity contribution in [2.24, 2.45) is 0 Å². The molecule has 1 amide bonds. The molecule has 0 spiro atoms. The van der Waals surface area contributed by atoms with Crippen LogP contribution in [0.2, 0.25) is 5.02 Å². The number of hydrogen-bond acceptors (Lipinski definition) is 2. The number of nitrogen functional groups attached to an aromatic ring is 1. The monoisotopic (exact) mass is 479 g/mol. The Bertz CT molecular complexity index is 1490. The van der Waals surface area contributed by atoms with Crippen LogP contribution >= 0.6 is 11.6 Å². The smallest absolute Gasteiger partial charge is 0.251 e. The van der Waals surface area contributed by atoms with Gasteiger partial charge < -0.3 is 15.6 Å². The molecule has 1 atom stereocenters. The quantitative estimate of drug-likeness (QED) is 0.255. The number of halogens is 1. The summed E-state index contributed by atoms with van der Waals surface area (Å²) in [5, 5.41) is 4.85. The van der Waals surface area contributed by atoms with Gasteiger partial charge in [-0.25, -0.2) is 0 Å². The van der Waals surface area contributed by atoms with Crippen LogP contribution in [0.15, 0.2) is 103 Å². The Labute approximate surface area is 210 Å². The predicted octanol–water partition coefficient (Wildman–Crippen LogP) is 7.08. The minimum absolute atomic E-state index is 0.0980. The molecule has 0 bridgehead atoms. The molecule has 0 fully saturated rings. The van der Waals surface area contributed by atoms with Crippen molar-refractivity contribution in [3.05, 3.63) is 125 Å². The Morgan fingerprint density at radius 3 is 2.43 bits per heavy atom. The van der Waals surface area contributed by atoms with E-state index in [1.807, 2.05) is 79.7 Å². The van der Waals surface area contributed by atoms with Crippen molar-refractivity contribution >= 4 is 34.1 Å². The zero-order chi connectivity index (χ0) is 24.4. The number of fused-ring (bicyclic) bond motifs is 1. The molecule has 174 valence electrons. The van der Waals surface area contributed by atoms with Crippen molar-refractivity contribution in [1.29, 1.82) is 0 Å². The van der Waals surface area contributed by atoms with E-state index in [1.54, 1.807) is 0 Å². The predicted molar refractivity (Wildman–Crippen MR) is 145 cm³/mol. The van der Waals surface area contributed by atoms with E-state index < -0.39 is 0 Å². The highest BCUT2D eigenvalue weighted by atomic mass is 35.5. The van der Waals surface area contributed by atoms with Gasteiger partial charge in [0, 0.05) is 45.5 Å². The number of nitrogens with two attached hydrogens (primary N) is 1. The number of anilines is 1. The molecular formula is C30H26ClN3O. The van der Waals surface area contributed by atoms with Gasteiger partial charge in [0.25, 0.3) is 5.91 Å². The maximum atomic E-state index is 12.9. The van der Waals surface area contributed by atoms with Crippen LogP contribution < -0.4 is 11.1 Å². The van der Waals surface area contributed by atoms with Crippen LogP contribution in [0.5, 0.6) is 0 Å². The Balaban J connectivity index is 1.30. The number of rotatable bonds is 6. The van der Waals surface area contributed by atoms with E-state index in [0.717, 1.165) is 39.2 Å². The van der Waals surface area contributed by atoms with Crippen molar-refractivity contribution in [1.82, 2.24) is 9.88 Å². The molecule has 5 heteroatoms. The minimum Gasteiger partial charge on any atom is -0.399 e. The summed E-state index contributed by atoms with van der Waals surface area (Å²) in [5.74, 6) is -0.0980. The molecule has 0 unspecified atom stereocenters. The maximum absolute atomic E-state index is 12.9. The standard InChI is InChI=1S/C30H26ClN3O/c1-20(22-10-13-26(32)14-11-22)33-30(35)25-12-15-29-24(18-25)16-17-34(29)19-21-6-8-23(9-7-21)27-4-2-3-5-28(27)31/h2-18,20H,19,32H2,1H3,(H,33,35)/t20-/m0/s1. The lowest BCUT2D eigenvalue weighted by molar-refractivity contribution is 0.0940. The van der Waals surface area contributed by atoms with Gasteiger partial charge in [-0.1, -0.05) is 66.2 Å². The summed E-state index contributed by atoms with van der Waals surface area (Å²) in [6.07, 6.45) is 2.06. The molecule has 5 rings (SSSR count). The van der Waals surface area contributed by atoms with E-state index in [4.69, 9.17) is 17.3 Å². The zero-order valence-corrected chi connectivity index (χ0v) is 20.2. The average molecular weight is 480 g/mol. The molecule has 0 aliphatic carbocycles. The van der Waals surface area contributed by atoms with Crippen molar-refractivity contribution in [2.45, 2.75) is 19.5 Å². The number of nitrogens with one attached hydrogen (secondary N) is 1. The first kappa shape index (κ1) is 22.8. The maximum Gasteiger partial charge on any atom is 0.251 e. The number of carbonyl (C=O) groups excluding carboxylic acids is 1. The van der Waals surface area contributed by atoms with Crippen molar-refractivity contribution in [3.8, 4) is 11.1 Å². The first-order chi connectivity index (χ1) is 17.0. The molecule has 0 saturated heterocycles. The second-order valence-electron chi connectivity index (χ2n) is 8.76. The highest BCUT2D eigenvalue weighted by molar-refractivity contribution is 6.33. The lowest BCUT2D eigenvalue weighted by Gasteiger charge is -2.15. The number of hydrogen-bond donors (Lipinski definition) is 2. The fraction of sp³-hybridized carbons (Fsp3) is 0.100. The normalized spacial score (nSPS) is 11.9. The van der Waals surface area contributed by atoms with Gasteiger partial charge in [0.15, 0.2) is 0 Å². The third-order valence-corrected chi connectivity index (χ3v) is 6.64. The van der Waals surface area contributed by atoms with Crippen molar-refractivity contribution in [2.75, 3.05) is 5.73 Å². The van der Waals surface area contributed by atoms with E-state index in [9.17, 15) is 4.79 Å². The van der Waals surface area contributed by atoms with Gasteiger partial charge in [0.2, 0.25) is 0 Å². The van der Waals surface area contributed by atoms with Crippen LogP contribution in [-0.4, -0.2) is 10.5 Å². The second kappa shape index (κ2) is 9.69. The van der Waals surface area contributed by atoms with Gasteiger partial charge in [-0.2, -0.15) is 0 Å². The number of benzene rings is 4. The first-order valence-corrected chi connectivity index (χ1v) is 11.9. The van der Waals surface area contributed by atoms with Gasteiger partial charge in [-0.15, -0.1) is 0 Å². The fourth-order valence-electron chi connectivity index (χ4n) is 4.31. The second-order valence-corrected chi connectivity index (χ2v) is 9.16. The summed E-state index contributed by atoms with van der Waals surface area (Å²) < 4.78 is 2.19. The molecule has 0 aliphatic heterocycles. The van der Waals surface area contributed by atoms with E-state index in [0.29, 0.717) is 11.3 Å². The van der Waals surface area contributed by atoms with Crippen LogP contribution in [0.25, 0.3) is 22.0 Å². The van der Waals surface area contributed by atoms with Gasteiger partial charge in [0.1, 0.15) is 0 Å². The summed E-state index contributed by atoms with van der Waals surface area (Å²) >= 11 is 6.34. The van der Waals surface area contributed by atoms with Crippen LogP contribution in [0.1, 0.15) is 34.5 Å². The van der Waals surface area contributed by atoms with Crippen LogP contribution in [0, 0.1) is 0 Å². The summed E-state index contributed by atoms with van der Waals surface area (Å²) in [6.45, 7) is 2.71. The van der Waals surface area contributed by atoms with Gasteiger partial charge >= 0.3 is 0 Å². The Kier molecular flexibility index (Phi) is 6.30. The molecule has 35 heavy (non-hydrogen) atoms. The molecule has 0 radical (unpaired) electrons. The summed E-state index contributed by atoms with van der Waals surface area (Å²) in [6, 6.07) is 31.7. The summed E-state index contributed by atoms with van der Waals surface area (Å²) in [4.78, 5) is 12.9. The molecule has 4 aromatic carbocycles. The van der Waals surface area contributed by atoms with E-state index >= 15 is 0 Å². The summed E-state index contributed by atoms with van der Waals surface area (Å²) in [5.41, 5.74) is 12.5. The third-order valence-electron chi connectivity index (χ3n) is 6.31. The topological polar surface area (TPSA) is 60.0 Å². The van der Waals surface area contributed by atoms with Crippen LogP contribution in [-0.2, 0) is 6.54 Å². The molecule has 1 heterocycles.